The molecule has 2 aromatic rings. The molecule has 4 nitrogen and oxygen atoms in total. The zero-order valence-corrected chi connectivity index (χ0v) is 12.3. The Morgan fingerprint density at radius 2 is 1.90 bits per heavy atom. The van der Waals surface area contributed by atoms with Gasteiger partial charge in [0.25, 0.3) is 0 Å². The van der Waals surface area contributed by atoms with Crippen molar-refractivity contribution in [1.29, 1.82) is 0 Å². The predicted molar refractivity (Wildman–Crippen MR) is 82.1 cm³/mol. The molecular weight excluding hydrogens is 250 g/mol. The van der Waals surface area contributed by atoms with Crippen LogP contribution in [0.4, 0.5) is 0 Å². The van der Waals surface area contributed by atoms with Gasteiger partial charge in [-0.3, -0.25) is 4.90 Å². The first-order valence-electron chi connectivity index (χ1n) is 7.40. The fraction of sp³-hybridized carbons (Fsp3) is 0.500. The Morgan fingerprint density at radius 1 is 1.15 bits per heavy atom. The molecule has 3 rings (SSSR count). The fourth-order valence-electron chi connectivity index (χ4n) is 3.09. The highest BCUT2D eigenvalue weighted by Crippen LogP contribution is 2.28. The molecule has 0 spiro atoms. The van der Waals surface area contributed by atoms with E-state index in [1.165, 1.54) is 5.69 Å². The summed E-state index contributed by atoms with van der Waals surface area (Å²) in [7, 11) is 2.18. The molecule has 20 heavy (non-hydrogen) atoms. The molecule has 0 radical (unpaired) electrons. The summed E-state index contributed by atoms with van der Waals surface area (Å²) in [6, 6.07) is 7.98. The van der Waals surface area contributed by atoms with Crippen LogP contribution in [0.3, 0.4) is 0 Å². The zero-order chi connectivity index (χ0) is 14.1. The molecule has 1 fully saturated rings. The van der Waals surface area contributed by atoms with Crippen LogP contribution in [-0.4, -0.2) is 52.7 Å². The van der Waals surface area contributed by atoms with Crippen LogP contribution in [-0.2, 0) is 13.1 Å². The van der Waals surface area contributed by atoms with E-state index >= 15 is 0 Å². The number of hydrogen-bond donors (Lipinski definition) is 1. The maximum atomic E-state index is 10.1. The van der Waals surface area contributed by atoms with E-state index in [1.807, 2.05) is 6.07 Å². The largest absolute Gasteiger partial charge is 0.506 e. The lowest BCUT2D eigenvalue weighted by molar-refractivity contribution is 0.146. The van der Waals surface area contributed by atoms with Crippen molar-refractivity contribution >= 4 is 10.9 Å². The van der Waals surface area contributed by atoms with E-state index in [1.54, 1.807) is 6.07 Å². The Hall–Kier alpha value is -1.52. The zero-order valence-electron chi connectivity index (χ0n) is 12.3. The Labute approximate surface area is 120 Å². The highest BCUT2D eigenvalue weighted by Gasteiger charge is 2.17. The summed E-state index contributed by atoms with van der Waals surface area (Å²) in [6.45, 7) is 8.51. The van der Waals surface area contributed by atoms with Gasteiger partial charge in [0.2, 0.25) is 0 Å². The molecule has 2 heterocycles. The van der Waals surface area contributed by atoms with Crippen LogP contribution in [0.1, 0.15) is 12.6 Å². The van der Waals surface area contributed by atoms with Crippen molar-refractivity contribution in [3.63, 3.8) is 0 Å². The lowest BCUT2D eigenvalue weighted by Gasteiger charge is -2.32. The lowest BCUT2D eigenvalue weighted by atomic mass is 10.2. The quantitative estimate of drug-likeness (QED) is 0.929. The van der Waals surface area contributed by atoms with Gasteiger partial charge in [-0.25, -0.2) is 0 Å². The predicted octanol–water partition coefficient (Wildman–Crippen LogP) is 2.11. The maximum absolute atomic E-state index is 10.1. The highest BCUT2D eigenvalue weighted by atomic mass is 16.3. The molecule has 4 heteroatoms. The highest BCUT2D eigenvalue weighted by molar-refractivity contribution is 5.86. The first kappa shape index (κ1) is 13.5. The fourth-order valence-corrected chi connectivity index (χ4v) is 3.09. The number of phenolic OH excluding ortho intramolecular Hbond substituents is 1. The van der Waals surface area contributed by atoms with E-state index in [2.05, 4.69) is 40.5 Å². The van der Waals surface area contributed by atoms with Gasteiger partial charge in [-0.15, -0.1) is 0 Å². The molecule has 0 unspecified atom stereocenters. The van der Waals surface area contributed by atoms with Crippen molar-refractivity contribution < 1.29 is 5.11 Å². The topological polar surface area (TPSA) is 31.6 Å². The average molecular weight is 273 g/mol. The Morgan fingerprint density at radius 3 is 2.60 bits per heavy atom. The molecule has 0 amide bonds. The van der Waals surface area contributed by atoms with E-state index in [4.69, 9.17) is 0 Å². The second-order valence-corrected chi connectivity index (χ2v) is 5.67. The summed E-state index contributed by atoms with van der Waals surface area (Å²) in [5, 5.41) is 11.2. The first-order chi connectivity index (χ1) is 9.69. The molecule has 1 N–H and O–H groups in total. The summed E-state index contributed by atoms with van der Waals surface area (Å²) in [6.07, 6.45) is 0. The van der Waals surface area contributed by atoms with Gasteiger partial charge in [-0.05, 0) is 26.1 Å². The van der Waals surface area contributed by atoms with E-state index in [-0.39, 0.29) is 0 Å². The van der Waals surface area contributed by atoms with Crippen LogP contribution < -0.4 is 0 Å². The SMILES string of the molecule is CCn1c(CN2CCN(C)CC2)cc2cccc(O)c21. The average Bonchev–Trinajstić information content (AvgIpc) is 2.80. The van der Waals surface area contributed by atoms with Crippen LogP contribution >= 0.6 is 0 Å². The van der Waals surface area contributed by atoms with Gasteiger partial charge in [0.05, 0.1) is 5.52 Å². The number of rotatable bonds is 3. The minimum atomic E-state index is 0.383. The van der Waals surface area contributed by atoms with Gasteiger partial charge in [-0.1, -0.05) is 12.1 Å². The van der Waals surface area contributed by atoms with Crippen molar-refractivity contribution in [2.24, 2.45) is 0 Å². The van der Waals surface area contributed by atoms with Gasteiger partial charge in [0.15, 0.2) is 0 Å². The third-order valence-electron chi connectivity index (χ3n) is 4.28. The van der Waals surface area contributed by atoms with Crippen molar-refractivity contribution in [3.05, 3.63) is 30.0 Å². The minimum Gasteiger partial charge on any atom is -0.506 e. The molecular formula is C16H23N3O. The lowest BCUT2D eigenvalue weighted by Crippen LogP contribution is -2.44. The molecule has 0 saturated carbocycles. The number of aromatic nitrogens is 1. The number of phenols is 1. The summed E-state index contributed by atoms with van der Waals surface area (Å²) < 4.78 is 2.24. The van der Waals surface area contributed by atoms with Gasteiger partial charge >= 0.3 is 0 Å². The summed E-state index contributed by atoms with van der Waals surface area (Å²) in [5.41, 5.74) is 2.27. The van der Waals surface area contributed by atoms with Gasteiger partial charge < -0.3 is 14.6 Å². The number of piperazine rings is 1. The minimum absolute atomic E-state index is 0.383. The maximum Gasteiger partial charge on any atom is 0.139 e. The van der Waals surface area contributed by atoms with E-state index in [0.29, 0.717) is 5.75 Å². The first-order valence-corrected chi connectivity index (χ1v) is 7.40. The van der Waals surface area contributed by atoms with E-state index < -0.39 is 0 Å². The third kappa shape index (κ3) is 2.41. The summed E-state index contributed by atoms with van der Waals surface area (Å²) in [4.78, 5) is 4.87. The summed E-state index contributed by atoms with van der Waals surface area (Å²) in [5.74, 6) is 0.383. The van der Waals surface area contributed by atoms with Crippen molar-refractivity contribution in [2.75, 3.05) is 33.2 Å². The van der Waals surface area contributed by atoms with Gasteiger partial charge in [-0.2, -0.15) is 0 Å². The van der Waals surface area contributed by atoms with Gasteiger partial charge in [0, 0.05) is 50.3 Å². The van der Waals surface area contributed by atoms with Crippen molar-refractivity contribution in [1.82, 2.24) is 14.4 Å². The molecule has 0 atom stereocenters. The second kappa shape index (κ2) is 5.46. The number of para-hydroxylation sites is 1. The van der Waals surface area contributed by atoms with Crippen molar-refractivity contribution in [2.45, 2.75) is 20.0 Å². The monoisotopic (exact) mass is 273 g/mol. The smallest absolute Gasteiger partial charge is 0.139 e. The molecule has 0 aliphatic carbocycles. The number of fused-ring (bicyclic) bond motifs is 1. The van der Waals surface area contributed by atoms with Crippen LogP contribution in [0.15, 0.2) is 24.3 Å². The number of nitrogens with zero attached hydrogens (tertiary/aromatic N) is 3. The molecule has 1 saturated heterocycles. The van der Waals surface area contributed by atoms with Crippen LogP contribution in [0, 0.1) is 0 Å². The third-order valence-corrected chi connectivity index (χ3v) is 4.28. The molecule has 0 bridgehead atoms. The van der Waals surface area contributed by atoms with E-state index in [0.717, 1.165) is 50.2 Å². The molecule has 1 aromatic heterocycles. The Balaban J connectivity index is 1.89. The van der Waals surface area contributed by atoms with Crippen LogP contribution in [0.2, 0.25) is 0 Å². The van der Waals surface area contributed by atoms with Gasteiger partial charge in [0.1, 0.15) is 5.75 Å². The molecule has 1 aliphatic heterocycles. The molecule has 1 aliphatic rings. The van der Waals surface area contributed by atoms with Crippen molar-refractivity contribution in [3.8, 4) is 5.75 Å². The number of hydrogen-bond acceptors (Lipinski definition) is 3. The van der Waals surface area contributed by atoms with Crippen LogP contribution in [0.25, 0.3) is 10.9 Å². The molecule has 1 aromatic carbocycles. The Kier molecular flexibility index (Phi) is 3.68. The number of aryl methyl sites for hydroxylation is 1. The molecule has 108 valence electrons. The number of aromatic hydroxyl groups is 1. The standard InChI is InChI=1S/C16H23N3O/c1-3-19-14(12-18-9-7-17(2)8-10-18)11-13-5-4-6-15(20)16(13)19/h4-6,11,20H,3,7-10,12H2,1-2H3. The summed E-state index contributed by atoms with van der Waals surface area (Å²) >= 11 is 0. The van der Waals surface area contributed by atoms with Crippen LogP contribution in [0.5, 0.6) is 5.75 Å². The normalized spacial score (nSPS) is 17.9. The Bertz CT molecular complexity index is 597. The van der Waals surface area contributed by atoms with E-state index in [9.17, 15) is 5.11 Å². The number of benzene rings is 1. The number of likely N-dealkylation sites (N-methyl/N-ethyl adjacent to an activating group) is 1. The second-order valence-electron chi connectivity index (χ2n) is 5.67.